The molecule has 0 saturated carbocycles. The molecule has 1 heterocycles. The van der Waals surface area contributed by atoms with Gasteiger partial charge in [0, 0.05) is 21.0 Å². The van der Waals surface area contributed by atoms with Crippen LogP contribution in [0.25, 0.3) is 10.1 Å². The van der Waals surface area contributed by atoms with Crippen molar-refractivity contribution in [2.45, 2.75) is 5.88 Å². The zero-order valence-corrected chi connectivity index (χ0v) is 8.81. The van der Waals surface area contributed by atoms with Crippen molar-refractivity contribution in [2.75, 3.05) is 0 Å². The zero-order valence-electron chi connectivity index (χ0n) is 6.48. The van der Waals surface area contributed by atoms with Crippen LogP contribution < -0.4 is 0 Å². The fraction of sp³-hybridized carbons (Fsp3) is 0.111. The largest absolute Gasteiger partial charge is 0.206 e. The molecule has 0 unspecified atom stereocenters. The van der Waals surface area contributed by atoms with Gasteiger partial charge in [0.25, 0.3) is 0 Å². The highest BCUT2D eigenvalue weighted by molar-refractivity contribution is 7.17. The smallest absolute Gasteiger partial charge is 0.137 e. The molecular weight excluding hydrogens is 230 g/mol. The van der Waals surface area contributed by atoms with E-state index >= 15 is 0 Å². The Morgan fingerprint density at radius 3 is 2.85 bits per heavy atom. The van der Waals surface area contributed by atoms with Gasteiger partial charge in [-0.05, 0) is 6.07 Å². The number of rotatable bonds is 1. The standard InChI is InChI=1S/C9H5Cl2FS/c10-3-5-1-2-7-8(9(5)12)6(11)4-13-7/h1-2,4H,3H2. The molecule has 0 bridgehead atoms. The number of thiophene rings is 1. The summed E-state index contributed by atoms with van der Waals surface area (Å²) in [7, 11) is 0. The molecule has 13 heavy (non-hydrogen) atoms. The predicted octanol–water partition coefficient (Wildman–Crippen LogP) is 4.43. The SMILES string of the molecule is Fc1c(CCl)ccc2scc(Cl)c12. The van der Waals surface area contributed by atoms with E-state index in [2.05, 4.69) is 0 Å². The molecule has 0 radical (unpaired) electrons. The average Bonchev–Trinajstić information content (AvgIpc) is 2.49. The molecule has 0 fully saturated rings. The van der Waals surface area contributed by atoms with Crippen molar-refractivity contribution in [2.24, 2.45) is 0 Å². The Morgan fingerprint density at radius 2 is 2.15 bits per heavy atom. The van der Waals surface area contributed by atoms with Crippen LogP contribution in [0.1, 0.15) is 5.56 Å². The van der Waals surface area contributed by atoms with Gasteiger partial charge in [0.1, 0.15) is 5.82 Å². The Kier molecular flexibility index (Phi) is 2.45. The van der Waals surface area contributed by atoms with E-state index in [0.717, 1.165) is 4.70 Å². The number of halogens is 3. The molecule has 1 aromatic heterocycles. The first-order chi connectivity index (χ1) is 6.24. The summed E-state index contributed by atoms with van der Waals surface area (Å²) < 4.78 is 14.5. The summed E-state index contributed by atoms with van der Waals surface area (Å²) in [6, 6.07) is 3.53. The molecule has 0 N–H and O–H groups in total. The van der Waals surface area contributed by atoms with Crippen molar-refractivity contribution in [1.82, 2.24) is 0 Å². The summed E-state index contributed by atoms with van der Waals surface area (Å²) in [5.74, 6) is -0.118. The van der Waals surface area contributed by atoms with Gasteiger partial charge in [-0.15, -0.1) is 22.9 Å². The molecule has 2 aromatic rings. The van der Waals surface area contributed by atoms with Crippen LogP contribution in [-0.4, -0.2) is 0 Å². The lowest BCUT2D eigenvalue weighted by Crippen LogP contribution is -1.85. The molecule has 1 aromatic carbocycles. The molecule has 0 aliphatic carbocycles. The fourth-order valence-corrected chi connectivity index (χ4v) is 2.59. The Morgan fingerprint density at radius 1 is 1.38 bits per heavy atom. The molecule has 0 saturated heterocycles. The zero-order chi connectivity index (χ0) is 9.42. The van der Waals surface area contributed by atoms with E-state index in [9.17, 15) is 4.39 Å². The van der Waals surface area contributed by atoms with Gasteiger partial charge >= 0.3 is 0 Å². The van der Waals surface area contributed by atoms with Crippen LogP contribution in [0, 0.1) is 5.82 Å². The maximum atomic E-state index is 13.6. The quantitative estimate of drug-likeness (QED) is 0.641. The van der Waals surface area contributed by atoms with Crippen LogP contribution in [0.5, 0.6) is 0 Å². The number of fused-ring (bicyclic) bond motifs is 1. The van der Waals surface area contributed by atoms with Crippen molar-refractivity contribution >= 4 is 44.6 Å². The van der Waals surface area contributed by atoms with Crippen LogP contribution >= 0.6 is 34.5 Å². The summed E-state index contributed by atoms with van der Waals surface area (Å²) in [5.41, 5.74) is 0.495. The molecule has 0 aliphatic heterocycles. The van der Waals surface area contributed by atoms with Crippen molar-refractivity contribution in [3.05, 3.63) is 33.9 Å². The van der Waals surface area contributed by atoms with Gasteiger partial charge in [-0.25, -0.2) is 4.39 Å². The molecule has 0 nitrogen and oxygen atoms in total. The highest BCUT2D eigenvalue weighted by atomic mass is 35.5. The van der Waals surface area contributed by atoms with Crippen molar-refractivity contribution in [3.8, 4) is 0 Å². The van der Waals surface area contributed by atoms with Gasteiger partial charge in [-0.1, -0.05) is 17.7 Å². The molecule has 0 amide bonds. The lowest BCUT2D eigenvalue weighted by Gasteiger charge is -1.99. The summed E-state index contributed by atoms with van der Waals surface area (Å²) in [4.78, 5) is 0. The van der Waals surface area contributed by atoms with Crippen molar-refractivity contribution < 1.29 is 4.39 Å². The second-order valence-corrected chi connectivity index (χ2v) is 4.21. The second-order valence-electron chi connectivity index (χ2n) is 2.63. The molecule has 0 aliphatic rings. The Labute approximate surface area is 88.9 Å². The first-order valence-corrected chi connectivity index (χ1v) is 5.43. The van der Waals surface area contributed by atoms with Gasteiger partial charge in [-0.3, -0.25) is 0 Å². The van der Waals surface area contributed by atoms with E-state index in [0.29, 0.717) is 16.0 Å². The third-order valence-electron chi connectivity index (χ3n) is 1.86. The van der Waals surface area contributed by atoms with Crippen LogP contribution in [0.15, 0.2) is 17.5 Å². The van der Waals surface area contributed by atoms with Gasteiger partial charge < -0.3 is 0 Å². The highest BCUT2D eigenvalue weighted by Gasteiger charge is 2.10. The Bertz CT molecular complexity index is 450. The first-order valence-electron chi connectivity index (χ1n) is 3.64. The maximum Gasteiger partial charge on any atom is 0.137 e. The number of hydrogen-bond donors (Lipinski definition) is 0. The van der Waals surface area contributed by atoms with Crippen LogP contribution in [0.2, 0.25) is 5.02 Å². The van der Waals surface area contributed by atoms with E-state index in [1.165, 1.54) is 11.3 Å². The number of hydrogen-bond acceptors (Lipinski definition) is 1. The third kappa shape index (κ3) is 1.43. The highest BCUT2D eigenvalue weighted by Crippen LogP contribution is 2.33. The van der Waals surface area contributed by atoms with Crippen molar-refractivity contribution in [1.29, 1.82) is 0 Å². The topological polar surface area (TPSA) is 0 Å². The normalized spacial score (nSPS) is 11.0. The second kappa shape index (κ2) is 3.45. The van der Waals surface area contributed by atoms with E-state index in [1.807, 2.05) is 6.07 Å². The van der Waals surface area contributed by atoms with Gasteiger partial charge in [0.15, 0.2) is 0 Å². The lowest BCUT2D eigenvalue weighted by molar-refractivity contribution is 0.629. The van der Waals surface area contributed by atoms with Gasteiger partial charge in [0.2, 0.25) is 0 Å². The van der Waals surface area contributed by atoms with Crippen LogP contribution in [-0.2, 0) is 5.88 Å². The predicted molar refractivity (Wildman–Crippen MR) is 56.4 cm³/mol. The third-order valence-corrected chi connectivity index (χ3v) is 3.52. The Hall–Kier alpha value is -0.310. The van der Waals surface area contributed by atoms with E-state index < -0.39 is 0 Å². The first kappa shape index (κ1) is 9.25. The van der Waals surface area contributed by atoms with Crippen molar-refractivity contribution in [3.63, 3.8) is 0 Å². The minimum absolute atomic E-state index is 0.175. The van der Waals surface area contributed by atoms with Crippen LogP contribution in [0.3, 0.4) is 0 Å². The molecule has 0 spiro atoms. The van der Waals surface area contributed by atoms with E-state index in [1.54, 1.807) is 11.4 Å². The van der Waals surface area contributed by atoms with Crippen LogP contribution in [0.4, 0.5) is 4.39 Å². The summed E-state index contributed by atoms with van der Waals surface area (Å²) in [5, 5.41) is 2.68. The minimum Gasteiger partial charge on any atom is -0.206 e. The van der Waals surface area contributed by atoms with Gasteiger partial charge in [0.05, 0.1) is 10.9 Å². The monoisotopic (exact) mass is 234 g/mol. The molecular formula is C9H5Cl2FS. The number of alkyl halides is 1. The Balaban J connectivity index is 2.83. The van der Waals surface area contributed by atoms with E-state index in [4.69, 9.17) is 23.2 Å². The summed E-state index contributed by atoms with van der Waals surface area (Å²) in [6.07, 6.45) is 0. The average molecular weight is 235 g/mol. The molecule has 68 valence electrons. The van der Waals surface area contributed by atoms with Gasteiger partial charge in [-0.2, -0.15) is 0 Å². The molecule has 0 atom stereocenters. The summed E-state index contributed by atoms with van der Waals surface area (Å²) >= 11 is 12.8. The minimum atomic E-state index is -0.293. The lowest BCUT2D eigenvalue weighted by atomic mass is 10.2. The summed E-state index contributed by atoms with van der Waals surface area (Å²) in [6.45, 7) is 0. The molecule has 2 rings (SSSR count). The fourth-order valence-electron chi connectivity index (χ4n) is 1.20. The van der Waals surface area contributed by atoms with E-state index in [-0.39, 0.29) is 11.7 Å². The maximum absolute atomic E-state index is 13.6. The molecule has 4 heteroatoms. The number of benzene rings is 1.